The molecule has 0 spiro atoms. The third-order valence-corrected chi connectivity index (χ3v) is 22.5. The topological polar surface area (TPSA) is 43.3 Å². The Morgan fingerprint density at radius 3 is 2.00 bits per heavy atom. The summed E-state index contributed by atoms with van der Waals surface area (Å²) >= 11 is -2.45. The van der Waals surface area contributed by atoms with Gasteiger partial charge in [-0.1, -0.05) is 0 Å². The first-order valence-electron chi connectivity index (χ1n) is 12.7. The van der Waals surface area contributed by atoms with E-state index in [1.165, 1.54) is 58.2 Å². The van der Waals surface area contributed by atoms with Crippen LogP contribution in [0.1, 0.15) is 59.3 Å². The molecule has 4 aromatic rings. The van der Waals surface area contributed by atoms with Crippen molar-refractivity contribution in [2.75, 3.05) is 0 Å². The van der Waals surface area contributed by atoms with Crippen molar-refractivity contribution in [3.05, 3.63) is 61.4 Å². The van der Waals surface area contributed by atoms with Crippen LogP contribution in [-0.4, -0.2) is 32.7 Å². The Morgan fingerprint density at radius 1 is 0.788 bits per heavy atom. The molecule has 174 valence electrons. The molecule has 0 aliphatic heterocycles. The van der Waals surface area contributed by atoms with Crippen LogP contribution in [0.25, 0.3) is 28.2 Å². The van der Waals surface area contributed by atoms with E-state index in [-0.39, 0.29) is 0 Å². The number of hydrogen-bond donors (Lipinski definition) is 0. The van der Waals surface area contributed by atoms with Crippen molar-refractivity contribution in [1.82, 2.24) is 14.4 Å². The standard InChI is InChI=1S/C16H10N3O.3C4H9.Sn/c1-2-8-19-10-14(18-16(19)3-1)12-4-6-13(7-5-12)15-9-17-11-20-15;3*1-3-4-2;/h1,3-11H;3*1,3-4H2,2H3;. The zero-order valence-corrected chi connectivity index (χ0v) is 23.2. The number of nitrogens with zero attached hydrogens (tertiary/aromatic N) is 3. The average molecular weight is 550 g/mol. The summed E-state index contributed by atoms with van der Waals surface area (Å²) in [5.41, 5.74) is 4.22. The molecule has 0 saturated carbocycles. The summed E-state index contributed by atoms with van der Waals surface area (Å²) in [6, 6.07) is 13.1. The molecule has 4 nitrogen and oxygen atoms in total. The first-order chi connectivity index (χ1) is 16.2. The molecule has 5 heteroatoms. The van der Waals surface area contributed by atoms with Gasteiger partial charge in [0.2, 0.25) is 0 Å². The van der Waals surface area contributed by atoms with E-state index in [0.29, 0.717) is 0 Å². The molecule has 0 amide bonds. The predicted octanol–water partition coefficient (Wildman–Crippen LogP) is 7.71. The van der Waals surface area contributed by atoms with E-state index in [9.17, 15) is 0 Å². The van der Waals surface area contributed by atoms with Crippen LogP contribution in [0.3, 0.4) is 0 Å². The first kappa shape index (κ1) is 24.1. The van der Waals surface area contributed by atoms with E-state index in [2.05, 4.69) is 78.9 Å². The van der Waals surface area contributed by atoms with Crippen molar-refractivity contribution >= 4 is 27.6 Å². The number of pyridine rings is 1. The molecule has 0 fully saturated rings. The van der Waals surface area contributed by atoms with Crippen molar-refractivity contribution < 1.29 is 4.42 Å². The number of rotatable bonds is 12. The molecule has 4 rings (SSSR count). The van der Waals surface area contributed by atoms with Gasteiger partial charge in [-0.25, -0.2) is 0 Å². The van der Waals surface area contributed by atoms with Crippen LogP contribution >= 0.6 is 0 Å². The molecular weight excluding hydrogens is 513 g/mol. The van der Waals surface area contributed by atoms with E-state index in [4.69, 9.17) is 9.40 Å². The van der Waals surface area contributed by atoms with Gasteiger partial charge < -0.3 is 0 Å². The molecule has 1 aromatic carbocycles. The molecule has 0 aliphatic rings. The van der Waals surface area contributed by atoms with Crippen LogP contribution in [0.2, 0.25) is 13.3 Å². The fourth-order valence-electron chi connectivity index (χ4n) is 4.96. The normalized spacial score (nSPS) is 12.0. The Hall–Kier alpha value is -2.08. The van der Waals surface area contributed by atoms with Crippen LogP contribution in [0.5, 0.6) is 0 Å². The van der Waals surface area contributed by atoms with Crippen molar-refractivity contribution in [3.8, 4) is 22.6 Å². The molecule has 0 N–H and O–H groups in total. The second-order valence-corrected chi connectivity index (χ2v) is 22.6. The monoisotopic (exact) mass is 551 g/mol. The van der Waals surface area contributed by atoms with E-state index in [1.807, 2.05) is 0 Å². The Labute approximate surface area is 202 Å². The summed E-state index contributed by atoms with van der Waals surface area (Å²) in [6.45, 7) is 7.03. The molecule has 0 atom stereocenters. The van der Waals surface area contributed by atoms with Gasteiger partial charge >= 0.3 is 203 Å². The summed E-state index contributed by atoms with van der Waals surface area (Å²) in [5, 5.41) is 0. The molecular formula is C28H37N3OSn. The number of imidazole rings is 1. The van der Waals surface area contributed by atoms with Crippen LogP contribution in [-0.2, 0) is 0 Å². The van der Waals surface area contributed by atoms with Crippen LogP contribution in [0, 0.1) is 0 Å². The minimum atomic E-state index is -2.45. The van der Waals surface area contributed by atoms with Gasteiger partial charge in [0.05, 0.1) is 0 Å². The summed E-state index contributed by atoms with van der Waals surface area (Å²) in [4.78, 5) is 8.95. The van der Waals surface area contributed by atoms with Crippen molar-refractivity contribution in [2.45, 2.75) is 72.6 Å². The van der Waals surface area contributed by atoms with Crippen LogP contribution in [0.4, 0.5) is 0 Å². The summed E-state index contributed by atoms with van der Waals surface area (Å²) in [6.07, 6.45) is 15.9. The number of oxazole rings is 1. The minimum absolute atomic E-state index is 0.788. The number of aromatic nitrogens is 3. The molecule has 0 saturated heterocycles. The Bertz CT molecular complexity index is 1110. The Balaban J connectivity index is 1.66. The van der Waals surface area contributed by atoms with Gasteiger partial charge in [-0.2, -0.15) is 0 Å². The third kappa shape index (κ3) is 5.53. The Kier molecular flexibility index (Phi) is 8.29. The Morgan fingerprint density at radius 2 is 1.42 bits per heavy atom. The number of hydrogen-bond acceptors (Lipinski definition) is 3. The molecule has 0 aliphatic carbocycles. The number of unbranched alkanes of at least 4 members (excludes halogenated alkanes) is 3. The summed E-state index contributed by atoms with van der Waals surface area (Å²) in [5.74, 6) is 0.788. The SMILES string of the molecule is CCC[CH2][Sn]([CH2]CCC)([CH2]CCC)[c]1ccc2nc(-c3ccc(-c4cnco4)cc3)cn2c1. The van der Waals surface area contributed by atoms with Crippen LogP contribution < -0.4 is 3.58 Å². The first-order valence-corrected chi connectivity index (χ1v) is 20.2. The van der Waals surface area contributed by atoms with Crippen molar-refractivity contribution in [3.63, 3.8) is 0 Å². The second kappa shape index (κ2) is 11.4. The fourth-order valence-corrected chi connectivity index (χ4v) is 20.8. The molecule has 0 bridgehead atoms. The zero-order chi connectivity index (χ0) is 23.1. The van der Waals surface area contributed by atoms with E-state index < -0.39 is 18.4 Å². The molecule has 3 heterocycles. The summed E-state index contributed by atoms with van der Waals surface area (Å²) in [7, 11) is 0. The van der Waals surface area contributed by atoms with Gasteiger partial charge in [-0.05, 0) is 0 Å². The second-order valence-electron chi connectivity index (χ2n) is 9.34. The van der Waals surface area contributed by atoms with Gasteiger partial charge in [0, 0.05) is 0 Å². The van der Waals surface area contributed by atoms with E-state index in [0.717, 1.165) is 28.2 Å². The number of fused-ring (bicyclic) bond motifs is 1. The van der Waals surface area contributed by atoms with Crippen molar-refractivity contribution in [1.29, 1.82) is 0 Å². The maximum absolute atomic E-state index is 5.42. The number of benzene rings is 1. The molecule has 0 radical (unpaired) electrons. The predicted molar refractivity (Wildman–Crippen MR) is 141 cm³/mol. The van der Waals surface area contributed by atoms with Gasteiger partial charge in [0.1, 0.15) is 0 Å². The van der Waals surface area contributed by atoms with Gasteiger partial charge in [0.15, 0.2) is 0 Å². The zero-order valence-electron chi connectivity index (χ0n) is 20.4. The average Bonchev–Trinajstić information content (AvgIpc) is 3.54. The third-order valence-electron chi connectivity index (χ3n) is 6.99. The summed E-state index contributed by atoms with van der Waals surface area (Å²) < 4.78 is 13.9. The molecule has 3 aromatic heterocycles. The van der Waals surface area contributed by atoms with Gasteiger partial charge in [-0.3, -0.25) is 0 Å². The molecule has 33 heavy (non-hydrogen) atoms. The maximum atomic E-state index is 5.42. The van der Waals surface area contributed by atoms with E-state index >= 15 is 0 Å². The fraction of sp³-hybridized carbons (Fsp3) is 0.429. The van der Waals surface area contributed by atoms with Gasteiger partial charge in [0.25, 0.3) is 0 Å². The van der Waals surface area contributed by atoms with E-state index in [1.54, 1.807) is 9.78 Å². The van der Waals surface area contributed by atoms with Gasteiger partial charge in [-0.15, -0.1) is 0 Å². The quantitative estimate of drug-likeness (QED) is 0.170. The van der Waals surface area contributed by atoms with Crippen LogP contribution in [0.15, 0.2) is 65.8 Å². The molecule has 0 unspecified atom stereocenters. The van der Waals surface area contributed by atoms with Crippen molar-refractivity contribution in [2.24, 2.45) is 0 Å².